The summed E-state index contributed by atoms with van der Waals surface area (Å²) in [4.78, 5) is 13.0. The van der Waals surface area contributed by atoms with Gasteiger partial charge in [-0.05, 0) is 25.0 Å². The molecular weight excluding hydrogens is 299 g/mol. The van der Waals surface area contributed by atoms with E-state index in [2.05, 4.69) is 0 Å². The number of hydrogen-bond donors (Lipinski definition) is 1. The van der Waals surface area contributed by atoms with Crippen LogP contribution in [0.2, 0.25) is 0 Å². The molecule has 0 spiro atoms. The summed E-state index contributed by atoms with van der Waals surface area (Å²) in [7, 11) is 0. The van der Waals surface area contributed by atoms with Crippen LogP contribution in [0.1, 0.15) is 17.5 Å². The molecule has 22 heavy (non-hydrogen) atoms. The molecule has 1 N–H and O–H groups in total. The topological polar surface area (TPSA) is 49.8 Å². The van der Waals surface area contributed by atoms with Crippen LogP contribution in [-0.4, -0.2) is 47.4 Å². The molecule has 1 aromatic rings. The second kappa shape index (κ2) is 5.79. The maximum atomic E-state index is 12.7. The van der Waals surface area contributed by atoms with Crippen molar-refractivity contribution >= 4 is 5.91 Å². The van der Waals surface area contributed by atoms with Crippen molar-refractivity contribution in [1.82, 2.24) is 4.90 Å². The van der Waals surface area contributed by atoms with Gasteiger partial charge in [-0.3, -0.25) is 4.79 Å². The number of halogens is 3. The summed E-state index contributed by atoms with van der Waals surface area (Å²) in [5.74, 6) is -0.0102. The summed E-state index contributed by atoms with van der Waals surface area (Å²) in [6.07, 6.45) is -5.25. The van der Waals surface area contributed by atoms with E-state index in [1.54, 1.807) is 0 Å². The average Bonchev–Trinajstić information content (AvgIpc) is 2.81. The molecule has 1 aromatic carbocycles. The third-order valence-corrected chi connectivity index (χ3v) is 3.88. The fourth-order valence-electron chi connectivity index (χ4n) is 2.49. The van der Waals surface area contributed by atoms with Crippen molar-refractivity contribution in [2.45, 2.75) is 32.0 Å². The van der Waals surface area contributed by atoms with Crippen molar-refractivity contribution in [3.05, 3.63) is 29.3 Å². The molecule has 2 rings (SSSR count). The molecule has 0 saturated carbocycles. The number of aryl methyl sites for hydroxylation is 2. The van der Waals surface area contributed by atoms with Crippen LogP contribution in [0.4, 0.5) is 13.2 Å². The molecule has 1 aliphatic rings. The van der Waals surface area contributed by atoms with Gasteiger partial charge >= 0.3 is 6.18 Å². The molecule has 0 unspecified atom stereocenters. The van der Waals surface area contributed by atoms with E-state index in [1.807, 2.05) is 32.0 Å². The van der Waals surface area contributed by atoms with E-state index in [0.717, 1.165) is 16.0 Å². The number of rotatable bonds is 3. The number of benzene rings is 1. The average molecular weight is 317 g/mol. The van der Waals surface area contributed by atoms with Gasteiger partial charge in [-0.1, -0.05) is 18.2 Å². The SMILES string of the molecule is Cc1cccc(C)c1OCC(=O)N1CC[C@@](O)(C(F)(F)F)C1. The molecule has 122 valence electrons. The third-order valence-electron chi connectivity index (χ3n) is 3.88. The summed E-state index contributed by atoms with van der Waals surface area (Å²) in [5.41, 5.74) is -1.12. The predicted molar refractivity (Wildman–Crippen MR) is 73.6 cm³/mol. The van der Waals surface area contributed by atoms with Crippen LogP contribution in [-0.2, 0) is 4.79 Å². The van der Waals surface area contributed by atoms with E-state index >= 15 is 0 Å². The molecule has 4 nitrogen and oxygen atoms in total. The van der Waals surface area contributed by atoms with Gasteiger partial charge in [-0.2, -0.15) is 13.2 Å². The molecular formula is C15H18F3NO3. The quantitative estimate of drug-likeness (QED) is 0.930. The number of alkyl halides is 3. The van der Waals surface area contributed by atoms with E-state index in [0.29, 0.717) is 5.75 Å². The van der Waals surface area contributed by atoms with Crippen LogP contribution < -0.4 is 4.74 Å². The first-order valence-corrected chi connectivity index (χ1v) is 6.90. The number of carbonyl (C=O) groups excluding carboxylic acids is 1. The lowest BCUT2D eigenvalue weighted by Gasteiger charge is -2.26. The van der Waals surface area contributed by atoms with Crippen molar-refractivity contribution < 1.29 is 27.8 Å². The minimum Gasteiger partial charge on any atom is -0.483 e. The Labute approximate surface area is 126 Å². The standard InChI is InChI=1S/C15H18F3NO3/c1-10-4-3-5-11(2)13(10)22-8-12(20)19-7-6-14(21,9-19)15(16,17)18/h3-5,21H,6-9H2,1-2H3/t14-/m0/s1. The Hall–Kier alpha value is -1.76. The smallest absolute Gasteiger partial charge is 0.419 e. The number of aliphatic hydroxyl groups is 1. The van der Waals surface area contributed by atoms with Gasteiger partial charge in [-0.25, -0.2) is 0 Å². The van der Waals surface area contributed by atoms with E-state index in [9.17, 15) is 23.1 Å². The highest BCUT2D eigenvalue weighted by Gasteiger charge is 2.57. The van der Waals surface area contributed by atoms with Gasteiger partial charge in [0.05, 0.1) is 6.54 Å². The highest BCUT2D eigenvalue weighted by Crippen LogP contribution is 2.37. The van der Waals surface area contributed by atoms with Crippen LogP contribution in [0.3, 0.4) is 0 Å². The van der Waals surface area contributed by atoms with Crippen LogP contribution in [0.25, 0.3) is 0 Å². The second-order valence-corrected chi connectivity index (χ2v) is 5.60. The highest BCUT2D eigenvalue weighted by atomic mass is 19.4. The van der Waals surface area contributed by atoms with Crippen molar-refractivity contribution in [3.63, 3.8) is 0 Å². The number of carbonyl (C=O) groups is 1. The molecule has 0 radical (unpaired) electrons. The van der Waals surface area contributed by atoms with Crippen molar-refractivity contribution in [1.29, 1.82) is 0 Å². The summed E-state index contributed by atoms with van der Waals surface area (Å²) in [5, 5.41) is 9.56. The van der Waals surface area contributed by atoms with Crippen LogP contribution >= 0.6 is 0 Å². The minimum absolute atomic E-state index is 0.134. The molecule has 0 bridgehead atoms. The Kier molecular flexibility index (Phi) is 4.37. The monoisotopic (exact) mass is 317 g/mol. The first-order valence-electron chi connectivity index (χ1n) is 6.90. The van der Waals surface area contributed by atoms with Gasteiger partial charge in [0.25, 0.3) is 5.91 Å². The van der Waals surface area contributed by atoms with Gasteiger partial charge in [0.15, 0.2) is 12.2 Å². The molecule has 1 saturated heterocycles. The Morgan fingerprint density at radius 2 is 1.95 bits per heavy atom. The lowest BCUT2D eigenvalue weighted by atomic mass is 10.0. The molecule has 7 heteroatoms. The van der Waals surface area contributed by atoms with Crippen molar-refractivity contribution in [3.8, 4) is 5.75 Å². The normalized spacial score (nSPS) is 22.0. The summed E-state index contributed by atoms with van der Waals surface area (Å²) in [6, 6.07) is 5.50. The van der Waals surface area contributed by atoms with Gasteiger partial charge in [-0.15, -0.1) is 0 Å². The van der Waals surface area contributed by atoms with E-state index in [4.69, 9.17) is 4.74 Å². The first kappa shape index (κ1) is 16.6. The number of likely N-dealkylation sites (tertiary alicyclic amines) is 1. The zero-order valence-corrected chi connectivity index (χ0v) is 12.4. The Balaban J connectivity index is 1.97. The van der Waals surface area contributed by atoms with Crippen LogP contribution in [0.15, 0.2) is 18.2 Å². The van der Waals surface area contributed by atoms with Gasteiger partial charge in [0.2, 0.25) is 0 Å². The largest absolute Gasteiger partial charge is 0.483 e. The van der Waals surface area contributed by atoms with Gasteiger partial charge in [0, 0.05) is 13.0 Å². The summed E-state index contributed by atoms with van der Waals surface area (Å²) >= 11 is 0. The first-order chi connectivity index (χ1) is 10.1. The van der Waals surface area contributed by atoms with Gasteiger partial charge in [0.1, 0.15) is 5.75 Å². The molecule has 0 aromatic heterocycles. The maximum Gasteiger partial charge on any atom is 0.419 e. The second-order valence-electron chi connectivity index (χ2n) is 5.60. The van der Waals surface area contributed by atoms with Crippen LogP contribution in [0, 0.1) is 13.8 Å². The number of hydrogen-bond acceptors (Lipinski definition) is 3. The fraction of sp³-hybridized carbons (Fsp3) is 0.533. The number of ether oxygens (including phenoxy) is 1. The lowest BCUT2D eigenvalue weighted by Crippen LogP contribution is -2.48. The molecule has 1 heterocycles. The van der Waals surface area contributed by atoms with Crippen molar-refractivity contribution in [2.75, 3.05) is 19.7 Å². The molecule has 1 fully saturated rings. The minimum atomic E-state index is -4.74. The zero-order chi connectivity index (χ0) is 16.5. The lowest BCUT2D eigenvalue weighted by molar-refractivity contribution is -0.253. The van der Waals surface area contributed by atoms with E-state index < -0.39 is 30.7 Å². The maximum absolute atomic E-state index is 12.7. The summed E-state index contributed by atoms with van der Waals surface area (Å²) in [6.45, 7) is 2.42. The van der Waals surface area contributed by atoms with Gasteiger partial charge < -0.3 is 14.7 Å². The number of para-hydroxylation sites is 1. The summed E-state index contributed by atoms with van der Waals surface area (Å²) < 4.78 is 43.6. The molecule has 1 amide bonds. The Bertz CT molecular complexity index is 553. The molecule has 0 aliphatic carbocycles. The Morgan fingerprint density at radius 1 is 1.36 bits per heavy atom. The fourth-order valence-corrected chi connectivity index (χ4v) is 2.49. The van der Waals surface area contributed by atoms with E-state index in [-0.39, 0.29) is 13.2 Å². The predicted octanol–water partition coefficient (Wildman–Crippen LogP) is 2.21. The molecule has 1 aliphatic heterocycles. The third kappa shape index (κ3) is 3.19. The highest BCUT2D eigenvalue weighted by molar-refractivity contribution is 5.78. The molecule has 1 atom stereocenters. The van der Waals surface area contributed by atoms with E-state index in [1.165, 1.54) is 0 Å². The number of β-amino-alcohol motifs (C(OH)–C–C–N with tert-alkyl or cyclic N) is 1. The zero-order valence-electron chi connectivity index (χ0n) is 12.4. The van der Waals surface area contributed by atoms with Crippen LogP contribution in [0.5, 0.6) is 5.75 Å². The Morgan fingerprint density at radius 3 is 2.45 bits per heavy atom. The number of amides is 1. The number of nitrogens with zero attached hydrogens (tertiary/aromatic N) is 1. The van der Waals surface area contributed by atoms with Crippen molar-refractivity contribution in [2.24, 2.45) is 0 Å².